The van der Waals surface area contributed by atoms with Crippen LogP contribution in [0, 0.1) is 22.9 Å². The minimum atomic E-state index is -1.45. The van der Waals surface area contributed by atoms with Crippen LogP contribution in [-0.2, 0) is 51.5 Å². The number of thiophene rings is 1. The third-order valence-corrected chi connectivity index (χ3v) is 22.1. The summed E-state index contributed by atoms with van der Waals surface area (Å²) in [5, 5.41) is 117. The number of ether oxygens (including phenoxy) is 1. The number of rotatable bonds is 28. The van der Waals surface area contributed by atoms with Crippen molar-refractivity contribution in [1.29, 1.82) is 10.5 Å². The number of phenols is 1. The van der Waals surface area contributed by atoms with Crippen molar-refractivity contribution in [3.63, 3.8) is 0 Å². The highest BCUT2D eigenvalue weighted by Gasteiger charge is 2.36. The Hall–Kier alpha value is -11.4. The Kier molecular flexibility index (Phi) is 32.2. The van der Waals surface area contributed by atoms with Gasteiger partial charge in [0.15, 0.2) is 18.1 Å². The molecule has 9 aromatic rings. The monoisotopic (exact) mass is 1780 g/mol. The van der Waals surface area contributed by atoms with E-state index in [2.05, 4.69) is 57.7 Å². The van der Waals surface area contributed by atoms with Crippen LogP contribution in [0.5, 0.6) is 5.75 Å². The minimum absolute atomic E-state index is 0.00699. The summed E-state index contributed by atoms with van der Waals surface area (Å²) in [6.07, 6.45) is 3.28. The first-order valence-electron chi connectivity index (χ1n) is 36.7. The lowest BCUT2D eigenvalue weighted by atomic mass is 9.96. The van der Waals surface area contributed by atoms with Crippen LogP contribution in [0.1, 0.15) is 114 Å². The third-order valence-electron chi connectivity index (χ3n) is 19.2. The van der Waals surface area contributed by atoms with Crippen LogP contribution >= 0.6 is 80.9 Å². The highest BCUT2D eigenvalue weighted by Crippen LogP contribution is 2.38. The number of methoxy groups -OCH3 is 1. The lowest BCUT2D eigenvalue weighted by Gasteiger charge is -2.38. The number of carboxylic acids is 3. The van der Waals surface area contributed by atoms with Crippen LogP contribution < -0.4 is 42.5 Å². The number of nitrogens with zero attached hydrogens (tertiary/aromatic N) is 7. The number of aromatic nitrogens is 2. The van der Waals surface area contributed by atoms with Gasteiger partial charge in [-0.3, -0.25) is 54.7 Å². The first kappa shape index (κ1) is 90.9. The van der Waals surface area contributed by atoms with Crippen molar-refractivity contribution in [2.24, 2.45) is 4.99 Å². The summed E-state index contributed by atoms with van der Waals surface area (Å²) in [7, 11) is 1.50. The second kappa shape index (κ2) is 42.5. The molecule has 0 bridgehead atoms. The molecule has 1 saturated heterocycles. The predicted molar refractivity (Wildman–Crippen MR) is 443 cm³/mol. The van der Waals surface area contributed by atoms with Gasteiger partial charge in [0.25, 0.3) is 35.4 Å². The molecule has 630 valence electrons. The number of β-amino-alcohol motifs (C(OH)–C–C–N with tert-alkyl or cyclic N) is 2. The molecule has 120 heavy (non-hydrogen) atoms. The van der Waals surface area contributed by atoms with E-state index in [9.17, 15) is 78.9 Å². The number of hydrogen-bond donors (Lipinski definition) is 16. The topological polar surface area (TPSA) is 512 Å². The van der Waals surface area contributed by atoms with Crippen molar-refractivity contribution in [1.82, 2.24) is 67.4 Å². The molecule has 0 aliphatic carbocycles. The number of aliphatic hydroxyl groups is 3. The van der Waals surface area contributed by atoms with E-state index in [1.165, 1.54) is 42.7 Å². The maximum atomic E-state index is 13.3. The molecule has 3 aromatic heterocycles. The number of aliphatic carboxylic acids is 3. The average Bonchev–Trinajstić information content (AvgIpc) is 0.978. The maximum absolute atomic E-state index is 13.3. The van der Waals surface area contributed by atoms with Gasteiger partial charge in [0.2, 0.25) is 5.96 Å². The van der Waals surface area contributed by atoms with Crippen LogP contribution in [0.3, 0.4) is 0 Å². The van der Waals surface area contributed by atoms with Gasteiger partial charge >= 0.3 is 17.9 Å². The highest BCUT2D eigenvalue weighted by molar-refractivity contribution is 7.12. The smallest absolute Gasteiger partial charge is 0.328 e. The first-order valence-corrected chi connectivity index (χ1v) is 39.9. The number of aliphatic imine (C=N–C) groups is 1. The second-order valence-electron chi connectivity index (χ2n) is 27.4. The number of amides is 6. The number of nitriles is 2. The predicted octanol–water partition coefficient (Wildman–Crippen LogP) is 7.45. The quantitative estimate of drug-likeness (QED) is 0.00565. The number of likely N-dealkylation sites (tertiary alicyclic amines) is 1. The van der Waals surface area contributed by atoms with Gasteiger partial charge in [0.1, 0.15) is 35.7 Å². The Morgan fingerprint density at radius 2 is 1.27 bits per heavy atom. The Morgan fingerprint density at radius 3 is 1.86 bits per heavy atom. The van der Waals surface area contributed by atoms with Crippen LogP contribution in [0.25, 0.3) is 21.9 Å². The minimum Gasteiger partial charge on any atom is -0.508 e. The molecular formula is C79H78Cl6N16O18S. The van der Waals surface area contributed by atoms with Crippen LogP contribution in [0.4, 0.5) is 0 Å². The number of aromatic amines is 1. The highest BCUT2D eigenvalue weighted by atomic mass is 35.5. The van der Waals surface area contributed by atoms with Crippen molar-refractivity contribution in [3.8, 4) is 18.1 Å². The van der Waals surface area contributed by atoms with Crippen molar-refractivity contribution >= 4 is 162 Å². The number of aromatic hydroxyl groups is 1. The van der Waals surface area contributed by atoms with Gasteiger partial charge in [-0.05, 0) is 131 Å². The summed E-state index contributed by atoms with van der Waals surface area (Å²) in [6.45, 7) is 0.965. The van der Waals surface area contributed by atoms with E-state index in [0.29, 0.717) is 101 Å². The zero-order chi connectivity index (χ0) is 86.6. The largest absolute Gasteiger partial charge is 0.508 e. The van der Waals surface area contributed by atoms with Gasteiger partial charge in [-0.15, -0.1) is 11.3 Å². The van der Waals surface area contributed by atoms with Crippen molar-refractivity contribution in [2.75, 3.05) is 66.1 Å². The van der Waals surface area contributed by atoms with Gasteiger partial charge < -0.3 is 81.3 Å². The van der Waals surface area contributed by atoms with E-state index in [-0.39, 0.29) is 128 Å². The number of phenolic OH excluding ortho intramolecular Hbond substituents is 1. The number of carboxylic acid groups (broad SMARTS) is 3. The number of aliphatic hydroxyl groups excluding tert-OH is 3. The summed E-state index contributed by atoms with van der Waals surface area (Å²) in [4.78, 5) is 122. The molecule has 6 heterocycles. The molecule has 0 radical (unpaired) electrons. The van der Waals surface area contributed by atoms with E-state index >= 15 is 0 Å². The van der Waals surface area contributed by atoms with Crippen LogP contribution in [0.2, 0.25) is 30.1 Å². The summed E-state index contributed by atoms with van der Waals surface area (Å²) < 4.78 is 10.6. The van der Waals surface area contributed by atoms with E-state index < -0.39 is 84.3 Å². The summed E-state index contributed by atoms with van der Waals surface area (Å²) in [5.41, 5.74) is 5.45. The molecular weight excluding hydrogens is 1710 g/mol. The number of carbonyl (C=O) groups is 9. The van der Waals surface area contributed by atoms with Crippen LogP contribution in [0.15, 0.2) is 130 Å². The number of para-hydroxylation sites is 1. The van der Waals surface area contributed by atoms with Gasteiger partial charge in [-0.25, -0.2) is 19.4 Å². The number of halogens is 6. The second-order valence-corrected chi connectivity index (χ2v) is 30.8. The molecule has 3 aliphatic heterocycles. The van der Waals surface area contributed by atoms with Gasteiger partial charge in [-0.1, -0.05) is 112 Å². The summed E-state index contributed by atoms with van der Waals surface area (Å²) in [5.74, 6) is -7.08. The number of nitrogens with one attached hydrogen (secondary N) is 9. The number of aryl methyl sites for hydroxylation is 1. The first-order chi connectivity index (χ1) is 57.4. The fourth-order valence-corrected chi connectivity index (χ4v) is 16.1. The maximum Gasteiger partial charge on any atom is 0.328 e. The fraction of sp³-hybridized carbons (Fsp3) is 0.304. The van der Waals surface area contributed by atoms with Gasteiger partial charge in [0.05, 0.1) is 94.9 Å². The molecule has 0 saturated carbocycles. The van der Waals surface area contributed by atoms with Crippen molar-refractivity contribution in [2.45, 2.75) is 87.9 Å². The number of carbonyl (C=O) groups excluding carboxylic acids is 6. The molecule has 34 nitrogen and oxygen atoms in total. The summed E-state index contributed by atoms with van der Waals surface area (Å²) in [6, 6.07) is 25.7. The number of guanidine groups is 1. The third kappa shape index (κ3) is 23.6. The lowest BCUT2D eigenvalue weighted by Crippen LogP contribution is -2.62. The molecule has 1 fully saturated rings. The average molecular weight is 1780 g/mol. The number of H-pyrrole nitrogens is 1. The zero-order valence-corrected chi connectivity index (χ0v) is 68.7. The number of hydrogen-bond acceptors (Lipinski definition) is 23. The van der Waals surface area contributed by atoms with E-state index in [1.54, 1.807) is 99.3 Å². The molecule has 7 atom stereocenters. The zero-order valence-electron chi connectivity index (χ0n) is 63.3. The Bertz CT molecular complexity index is 5370. The Labute approximate surface area is 717 Å². The van der Waals surface area contributed by atoms with E-state index in [0.717, 1.165) is 16.3 Å². The number of piperidine rings is 1. The Balaban J connectivity index is 0.000000190. The van der Waals surface area contributed by atoms with Gasteiger partial charge in [0, 0.05) is 88.8 Å². The van der Waals surface area contributed by atoms with Crippen molar-refractivity contribution < 1.29 is 88.1 Å². The standard InChI is InChI=1S/C29H30Cl2N6O7.C26H21Cl2N5O5S.C24H27Cl2N5O6/c30-20-7-16-11-36(27(41)23-8-15-3-1-2-4-22(15)44-23)6-5-19(16)25(31)24(20)26(40)35-21(28(42)43)10-33-29(34-14-32)37-12-17(38)9-18(39)13-37;27-17-8-15-12-33(25(36)13-3-4-14-10-30-32-18(14)9-13)6-5-16(15)22(28)21(17)24(35)31-19(26(37)38)11-29-23(34)20-2-1-7-39-20;1-37-8-7-28-24(30-13-27)29-12-19(23(35)36)31-22(34)21-17(25)9-14(10-18(21)26)5-6-20(33)15-3-2-4-16(32)11-15/h1-4,7-8,17-18,21,29,33-34,38-39H,5-6,9-13H2,(H,35,40)(H,42,43);1-4,7-10,19H,5-6,11-12H2,(H,29,34)(H,30,32)(H,31,35)(H,37,38);2-4,9-11,19-20,32-33H,5-8,12H2,1H3,(H,31,34)(H,35,36)(H2,28,29,30)/t17-,18+,21-,29?;19-;19-,20?/m000/s1. The SMILES string of the molecule is COCCNC(=NC[C@H](NC(=O)c1c(Cl)cc(CCC(O)c2cccc(O)c2)cc1Cl)C(=O)O)NC#N.N#CNC(NC[C@H](NC(=O)c1c(Cl)cc2c(c1Cl)CCN(C(=O)c1cc3ccccc3o1)C2)C(=O)O)N1C[C@H](O)C[C@H](O)C1.O=C(NC[C@H](NC(=O)c1c(Cl)cc2c(c1Cl)CCN(C(=O)c1ccc3cn[nH]c3c1)C2)C(=O)O)c1cccs1. The van der Waals surface area contributed by atoms with Gasteiger partial charge in [-0.2, -0.15) is 15.6 Å². The number of fused-ring (bicyclic) bond motifs is 4. The molecule has 2 unspecified atom stereocenters. The summed E-state index contributed by atoms with van der Waals surface area (Å²) >= 11 is 40.0. The molecule has 6 aromatic carbocycles. The molecule has 41 heteroatoms. The van der Waals surface area contributed by atoms with Crippen LogP contribution in [-0.4, -0.2) is 223 Å². The number of benzene rings is 6. The number of furan rings is 1. The van der Waals surface area contributed by atoms with E-state index in [4.69, 9.17) is 89.3 Å². The molecule has 3 aliphatic rings. The molecule has 16 N–H and O–H groups in total. The molecule has 6 amide bonds. The van der Waals surface area contributed by atoms with E-state index in [1.807, 2.05) is 24.3 Å². The molecule has 12 rings (SSSR count). The van der Waals surface area contributed by atoms with Crippen molar-refractivity contribution in [3.05, 3.63) is 217 Å². The molecule has 0 spiro atoms. The normalized spacial score (nSPS) is 15.7. The lowest BCUT2D eigenvalue weighted by molar-refractivity contribution is -0.140. The Morgan fingerprint density at radius 1 is 0.675 bits per heavy atom. The fourth-order valence-electron chi connectivity index (χ4n) is 13.2.